The molecule has 0 saturated heterocycles. The highest BCUT2D eigenvalue weighted by Crippen LogP contribution is 2.03. The maximum atomic E-state index is 11.9. The number of rotatable bonds is 3. The number of aromatic nitrogens is 4. The molecule has 2 aromatic rings. The molecule has 0 aromatic carbocycles. The first kappa shape index (κ1) is 10.7. The lowest BCUT2D eigenvalue weighted by atomic mass is 10.4. The van der Waals surface area contributed by atoms with E-state index in [2.05, 4.69) is 10.1 Å². The molecule has 0 aliphatic rings. The summed E-state index contributed by atoms with van der Waals surface area (Å²) in [5.74, 6) is 0. The van der Waals surface area contributed by atoms with Crippen LogP contribution in [0.25, 0.3) is 11.0 Å². The summed E-state index contributed by atoms with van der Waals surface area (Å²) in [5, 5.41) is 4.49. The molecule has 2 aromatic heterocycles. The minimum absolute atomic E-state index is 0.116. The molecule has 0 saturated carbocycles. The fourth-order valence-electron chi connectivity index (χ4n) is 1.46. The molecule has 2 heterocycles. The fraction of sp³-hybridized carbons (Fsp3) is 0.333. The minimum Gasteiger partial charge on any atom is -0.393 e. The fourth-order valence-corrected chi connectivity index (χ4v) is 1.55. The van der Waals surface area contributed by atoms with Gasteiger partial charge in [0.1, 0.15) is 5.39 Å². The van der Waals surface area contributed by atoms with Gasteiger partial charge in [0.25, 0.3) is 5.56 Å². The SMILES string of the molecule is Cn1ncc2c(=O)n(CCC(N)=S)cnc21. The Balaban J connectivity index is 2.45. The monoisotopic (exact) mass is 237 g/mol. The Hall–Kier alpha value is -1.76. The van der Waals surface area contributed by atoms with Gasteiger partial charge >= 0.3 is 0 Å². The molecule has 0 aliphatic heterocycles. The van der Waals surface area contributed by atoms with E-state index in [9.17, 15) is 4.79 Å². The molecular formula is C9H11N5OS. The van der Waals surface area contributed by atoms with Crippen LogP contribution in [0, 0.1) is 0 Å². The van der Waals surface area contributed by atoms with E-state index >= 15 is 0 Å². The second kappa shape index (κ2) is 4.01. The van der Waals surface area contributed by atoms with E-state index in [1.165, 1.54) is 17.1 Å². The van der Waals surface area contributed by atoms with Crippen molar-refractivity contribution in [2.24, 2.45) is 12.8 Å². The van der Waals surface area contributed by atoms with Crippen molar-refractivity contribution in [3.05, 3.63) is 22.9 Å². The number of hydrogen-bond acceptors (Lipinski definition) is 4. The second-order valence-corrected chi connectivity index (χ2v) is 3.99. The third kappa shape index (κ3) is 1.81. The van der Waals surface area contributed by atoms with Crippen LogP contribution < -0.4 is 11.3 Å². The van der Waals surface area contributed by atoms with Crippen molar-refractivity contribution >= 4 is 28.2 Å². The summed E-state index contributed by atoms with van der Waals surface area (Å²) >= 11 is 4.76. The van der Waals surface area contributed by atoms with Crippen LogP contribution in [0.5, 0.6) is 0 Å². The molecule has 6 nitrogen and oxygen atoms in total. The van der Waals surface area contributed by atoms with Crippen LogP contribution >= 0.6 is 12.2 Å². The summed E-state index contributed by atoms with van der Waals surface area (Å²) < 4.78 is 3.05. The zero-order valence-electron chi connectivity index (χ0n) is 8.75. The Labute approximate surface area is 96.7 Å². The number of nitrogens with zero attached hydrogens (tertiary/aromatic N) is 4. The molecule has 0 spiro atoms. The quantitative estimate of drug-likeness (QED) is 0.748. The first-order chi connectivity index (χ1) is 7.59. The molecule has 7 heteroatoms. The maximum absolute atomic E-state index is 11.9. The van der Waals surface area contributed by atoms with Crippen molar-refractivity contribution in [2.75, 3.05) is 0 Å². The predicted octanol–water partition coefficient (Wildman–Crippen LogP) is -0.194. The Morgan fingerprint density at radius 2 is 2.38 bits per heavy atom. The largest absolute Gasteiger partial charge is 0.393 e. The van der Waals surface area contributed by atoms with Gasteiger partial charge in [-0.15, -0.1) is 0 Å². The molecule has 0 unspecified atom stereocenters. The summed E-state index contributed by atoms with van der Waals surface area (Å²) in [7, 11) is 1.74. The summed E-state index contributed by atoms with van der Waals surface area (Å²) in [6, 6.07) is 0. The maximum Gasteiger partial charge on any atom is 0.264 e. The van der Waals surface area contributed by atoms with E-state index in [-0.39, 0.29) is 5.56 Å². The molecule has 0 aliphatic carbocycles. The Morgan fingerprint density at radius 1 is 1.62 bits per heavy atom. The lowest BCUT2D eigenvalue weighted by Crippen LogP contribution is -2.23. The van der Waals surface area contributed by atoms with Crippen LogP contribution in [0.2, 0.25) is 0 Å². The van der Waals surface area contributed by atoms with E-state index in [1.807, 2.05) is 0 Å². The standard InChI is InChI=1S/C9H11N5OS/c1-13-8-6(4-12-13)9(15)14(5-11-8)3-2-7(10)16/h4-5H,2-3H2,1H3,(H2,10,16). The number of nitrogens with two attached hydrogens (primary N) is 1. The number of aryl methyl sites for hydroxylation is 2. The van der Waals surface area contributed by atoms with Crippen LogP contribution in [0.1, 0.15) is 6.42 Å². The Morgan fingerprint density at radius 3 is 3.06 bits per heavy atom. The van der Waals surface area contributed by atoms with Crippen LogP contribution in [0.3, 0.4) is 0 Å². The zero-order chi connectivity index (χ0) is 11.7. The molecule has 16 heavy (non-hydrogen) atoms. The molecule has 2 rings (SSSR count). The molecule has 0 radical (unpaired) electrons. The Kier molecular flexibility index (Phi) is 2.69. The topological polar surface area (TPSA) is 78.7 Å². The van der Waals surface area contributed by atoms with E-state index in [1.54, 1.807) is 11.7 Å². The van der Waals surface area contributed by atoms with Crippen molar-refractivity contribution < 1.29 is 0 Å². The van der Waals surface area contributed by atoms with Gasteiger partial charge in [-0.25, -0.2) is 4.98 Å². The summed E-state index contributed by atoms with van der Waals surface area (Å²) in [4.78, 5) is 16.5. The van der Waals surface area contributed by atoms with Crippen molar-refractivity contribution in [3.8, 4) is 0 Å². The normalized spacial score (nSPS) is 10.8. The number of fused-ring (bicyclic) bond motifs is 1. The molecule has 84 valence electrons. The highest BCUT2D eigenvalue weighted by atomic mass is 32.1. The van der Waals surface area contributed by atoms with Crippen molar-refractivity contribution in [1.82, 2.24) is 19.3 Å². The van der Waals surface area contributed by atoms with Crippen LogP contribution in [0.15, 0.2) is 17.3 Å². The molecule has 0 atom stereocenters. The van der Waals surface area contributed by atoms with Gasteiger partial charge < -0.3 is 5.73 Å². The zero-order valence-corrected chi connectivity index (χ0v) is 9.57. The van der Waals surface area contributed by atoms with Gasteiger partial charge in [0, 0.05) is 20.0 Å². The molecule has 0 bridgehead atoms. The van der Waals surface area contributed by atoms with Gasteiger partial charge in [-0.05, 0) is 0 Å². The molecule has 0 fully saturated rings. The average Bonchev–Trinajstić information content (AvgIpc) is 2.60. The summed E-state index contributed by atoms with van der Waals surface area (Å²) in [6.07, 6.45) is 3.50. The smallest absolute Gasteiger partial charge is 0.264 e. The van der Waals surface area contributed by atoms with Crippen molar-refractivity contribution in [3.63, 3.8) is 0 Å². The van der Waals surface area contributed by atoms with Gasteiger partial charge in [0.15, 0.2) is 5.65 Å². The predicted molar refractivity (Wildman–Crippen MR) is 64.2 cm³/mol. The molecule has 2 N–H and O–H groups in total. The van der Waals surface area contributed by atoms with Crippen LogP contribution in [-0.2, 0) is 13.6 Å². The van der Waals surface area contributed by atoms with Crippen LogP contribution in [-0.4, -0.2) is 24.3 Å². The highest BCUT2D eigenvalue weighted by molar-refractivity contribution is 7.80. The summed E-state index contributed by atoms with van der Waals surface area (Å²) in [5.41, 5.74) is 5.85. The lowest BCUT2D eigenvalue weighted by Gasteiger charge is -2.03. The third-order valence-electron chi connectivity index (χ3n) is 2.32. The van der Waals surface area contributed by atoms with Crippen molar-refractivity contribution in [2.45, 2.75) is 13.0 Å². The van der Waals surface area contributed by atoms with Gasteiger partial charge in [0.2, 0.25) is 0 Å². The first-order valence-corrected chi connectivity index (χ1v) is 5.16. The second-order valence-electron chi connectivity index (χ2n) is 3.46. The third-order valence-corrected chi connectivity index (χ3v) is 2.52. The van der Waals surface area contributed by atoms with E-state index < -0.39 is 0 Å². The first-order valence-electron chi connectivity index (χ1n) is 4.75. The van der Waals surface area contributed by atoms with Gasteiger partial charge in [0.05, 0.1) is 17.5 Å². The summed E-state index contributed by atoms with van der Waals surface area (Å²) in [6.45, 7) is 0.450. The van der Waals surface area contributed by atoms with Crippen LogP contribution in [0.4, 0.5) is 0 Å². The number of thiocarbonyl (C=S) groups is 1. The van der Waals surface area contributed by atoms with Gasteiger partial charge in [-0.2, -0.15) is 5.10 Å². The Bertz CT molecular complexity index is 599. The van der Waals surface area contributed by atoms with E-state index in [4.69, 9.17) is 18.0 Å². The lowest BCUT2D eigenvalue weighted by molar-refractivity contribution is 0.684. The van der Waals surface area contributed by atoms with Gasteiger partial charge in [-0.1, -0.05) is 12.2 Å². The van der Waals surface area contributed by atoms with Gasteiger partial charge in [-0.3, -0.25) is 14.0 Å². The van der Waals surface area contributed by atoms with E-state index in [0.717, 1.165) is 0 Å². The van der Waals surface area contributed by atoms with Crippen molar-refractivity contribution in [1.29, 1.82) is 0 Å². The molecular weight excluding hydrogens is 226 g/mol. The number of hydrogen-bond donors (Lipinski definition) is 1. The highest BCUT2D eigenvalue weighted by Gasteiger charge is 2.07. The average molecular weight is 237 g/mol. The minimum atomic E-state index is -0.116. The molecule has 0 amide bonds. The van der Waals surface area contributed by atoms with E-state index in [0.29, 0.717) is 29.0 Å².